The molecule has 1 fully saturated rings. The molecular formula is C26H35N5O2. The fraction of sp³-hybridized carbons (Fsp3) is 0.423. The molecule has 2 N–H and O–H groups in total. The summed E-state index contributed by atoms with van der Waals surface area (Å²) in [6, 6.07) is 15.5. The monoisotopic (exact) mass is 449 g/mol. The summed E-state index contributed by atoms with van der Waals surface area (Å²) in [4.78, 5) is 32.8. The molecule has 2 aromatic rings. The molecule has 0 unspecified atom stereocenters. The highest BCUT2D eigenvalue weighted by atomic mass is 16.2. The van der Waals surface area contributed by atoms with E-state index >= 15 is 0 Å². The van der Waals surface area contributed by atoms with Crippen LogP contribution in [-0.4, -0.2) is 68.4 Å². The first kappa shape index (κ1) is 24.3. The Hall–Kier alpha value is -3.35. The van der Waals surface area contributed by atoms with Crippen molar-refractivity contribution in [3.63, 3.8) is 0 Å². The van der Waals surface area contributed by atoms with Gasteiger partial charge >= 0.3 is 0 Å². The highest BCUT2D eigenvalue weighted by Crippen LogP contribution is 2.14. The molecule has 1 saturated heterocycles. The lowest BCUT2D eigenvalue weighted by Gasteiger charge is -2.26. The molecule has 2 amide bonds. The number of nitrogens with one attached hydrogen (secondary N) is 2. The summed E-state index contributed by atoms with van der Waals surface area (Å²) in [5.74, 6) is 0.820. The zero-order valence-corrected chi connectivity index (χ0v) is 19.9. The molecule has 0 atom stereocenters. The van der Waals surface area contributed by atoms with Crippen molar-refractivity contribution in [1.29, 1.82) is 0 Å². The maximum Gasteiger partial charge on any atom is 0.253 e. The third-order valence-electron chi connectivity index (χ3n) is 5.79. The Balaban J connectivity index is 1.49. The van der Waals surface area contributed by atoms with Crippen LogP contribution in [-0.2, 0) is 13.0 Å². The van der Waals surface area contributed by atoms with Gasteiger partial charge in [0.2, 0.25) is 0 Å². The number of piperidine rings is 1. The van der Waals surface area contributed by atoms with E-state index in [1.807, 2.05) is 53.4 Å². The van der Waals surface area contributed by atoms with Crippen LogP contribution in [0.5, 0.6) is 0 Å². The minimum atomic E-state index is 0.00304. The van der Waals surface area contributed by atoms with Gasteiger partial charge in [0.1, 0.15) is 0 Å². The van der Waals surface area contributed by atoms with E-state index in [4.69, 9.17) is 0 Å². The molecule has 0 saturated carbocycles. The number of hydrogen-bond acceptors (Lipinski definition) is 3. The molecule has 1 aliphatic rings. The predicted molar refractivity (Wildman–Crippen MR) is 133 cm³/mol. The van der Waals surface area contributed by atoms with Crippen LogP contribution < -0.4 is 10.6 Å². The second-order valence-electron chi connectivity index (χ2n) is 8.56. The largest absolute Gasteiger partial charge is 0.356 e. The van der Waals surface area contributed by atoms with Crippen molar-refractivity contribution in [2.45, 2.75) is 32.2 Å². The lowest BCUT2D eigenvalue weighted by atomic mass is 10.1. The summed E-state index contributed by atoms with van der Waals surface area (Å²) >= 11 is 0. The Morgan fingerprint density at radius 3 is 2.30 bits per heavy atom. The van der Waals surface area contributed by atoms with E-state index in [2.05, 4.69) is 15.6 Å². The van der Waals surface area contributed by atoms with Gasteiger partial charge < -0.3 is 20.4 Å². The van der Waals surface area contributed by atoms with Crippen LogP contribution in [0.3, 0.4) is 0 Å². The lowest BCUT2D eigenvalue weighted by molar-refractivity contribution is 0.0723. The molecule has 7 heteroatoms. The molecule has 3 rings (SSSR count). The highest BCUT2D eigenvalue weighted by molar-refractivity contribution is 5.94. The smallest absolute Gasteiger partial charge is 0.253 e. The van der Waals surface area contributed by atoms with Crippen LogP contribution >= 0.6 is 0 Å². The third-order valence-corrected chi connectivity index (χ3v) is 5.79. The molecule has 1 aliphatic heterocycles. The van der Waals surface area contributed by atoms with Gasteiger partial charge in [-0.15, -0.1) is 0 Å². The SMILES string of the molecule is CN=C(NCCc1cccc(C(=O)N(C)C)c1)NCc1cccc(C(=O)N2CCCCC2)c1. The van der Waals surface area contributed by atoms with Crippen LogP contribution in [0.1, 0.15) is 51.1 Å². The molecular weight excluding hydrogens is 414 g/mol. The van der Waals surface area contributed by atoms with Gasteiger partial charge in [-0.1, -0.05) is 24.3 Å². The minimum absolute atomic E-state index is 0.00304. The number of rotatable bonds is 7. The maximum atomic E-state index is 12.8. The topological polar surface area (TPSA) is 77.0 Å². The average Bonchev–Trinajstić information content (AvgIpc) is 2.86. The van der Waals surface area contributed by atoms with Crippen molar-refractivity contribution in [3.05, 3.63) is 70.8 Å². The zero-order valence-electron chi connectivity index (χ0n) is 19.9. The Kier molecular flexibility index (Phi) is 8.87. The molecule has 7 nitrogen and oxygen atoms in total. The second kappa shape index (κ2) is 12.0. The fourth-order valence-corrected chi connectivity index (χ4v) is 3.94. The summed E-state index contributed by atoms with van der Waals surface area (Å²) < 4.78 is 0. The van der Waals surface area contributed by atoms with Crippen LogP contribution in [0.15, 0.2) is 53.5 Å². The number of hydrogen-bond donors (Lipinski definition) is 2. The highest BCUT2D eigenvalue weighted by Gasteiger charge is 2.18. The number of carbonyl (C=O) groups is 2. The summed E-state index contributed by atoms with van der Waals surface area (Å²) in [7, 11) is 5.25. The van der Waals surface area contributed by atoms with E-state index in [0.29, 0.717) is 24.6 Å². The zero-order chi connectivity index (χ0) is 23.6. The molecule has 2 aromatic carbocycles. The van der Waals surface area contributed by atoms with Crippen LogP contribution in [0.4, 0.5) is 0 Å². The third kappa shape index (κ3) is 7.07. The van der Waals surface area contributed by atoms with Crippen molar-refractivity contribution in [2.24, 2.45) is 4.99 Å². The van der Waals surface area contributed by atoms with E-state index in [1.54, 1.807) is 26.0 Å². The molecule has 0 aliphatic carbocycles. The van der Waals surface area contributed by atoms with Gasteiger partial charge in [-0.05, 0) is 61.1 Å². The number of likely N-dealkylation sites (tertiary alicyclic amines) is 1. The Morgan fingerprint density at radius 1 is 0.939 bits per heavy atom. The molecule has 33 heavy (non-hydrogen) atoms. The van der Waals surface area contributed by atoms with Crippen molar-refractivity contribution >= 4 is 17.8 Å². The number of benzene rings is 2. The Labute approximate surface area is 196 Å². The van der Waals surface area contributed by atoms with Crippen molar-refractivity contribution < 1.29 is 9.59 Å². The van der Waals surface area contributed by atoms with Crippen molar-refractivity contribution in [3.8, 4) is 0 Å². The summed E-state index contributed by atoms with van der Waals surface area (Å²) in [5, 5.41) is 6.63. The van der Waals surface area contributed by atoms with Crippen molar-refractivity contribution in [2.75, 3.05) is 40.8 Å². The summed E-state index contributed by atoms with van der Waals surface area (Å²) in [6.45, 7) is 2.97. The minimum Gasteiger partial charge on any atom is -0.356 e. The van der Waals surface area contributed by atoms with Crippen molar-refractivity contribution in [1.82, 2.24) is 20.4 Å². The lowest BCUT2D eigenvalue weighted by Crippen LogP contribution is -2.38. The molecule has 0 spiro atoms. The Morgan fingerprint density at radius 2 is 1.61 bits per heavy atom. The van der Waals surface area contributed by atoms with Gasteiger partial charge in [0, 0.05) is 58.4 Å². The molecule has 1 heterocycles. The Bertz CT molecular complexity index is 980. The maximum absolute atomic E-state index is 12.8. The van der Waals surface area contributed by atoms with Gasteiger partial charge in [-0.2, -0.15) is 0 Å². The molecule has 0 aromatic heterocycles. The van der Waals surface area contributed by atoms with E-state index in [9.17, 15) is 9.59 Å². The first-order valence-electron chi connectivity index (χ1n) is 11.6. The van der Waals surface area contributed by atoms with Gasteiger partial charge in [0.05, 0.1) is 0 Å². The number of carbonyl (C=O) groups excluding carboxylic acids is 2. The fourth-order valence-electron chi connectivity index (χ4n) is 3.94. The first-order chi connectivity index (χ1) is 16.0. The standard InChI is InChI=1S/C26H35N5O2/c1-27-26(28-14-13-20-9-7-11-22(17-20)24(32)30(2)3)29-19-21-10-8-12-23(18-21)25(33)31-15-5-4-6-16-31/h7-12,17-18H,4-6,13-16,19H2,1-3H3,(H2,27,28,29). The molecule has 0 radical (unpaired) electrons. The van der Waals surface area contributed by atoms with Gasteiger partial charge in [0.15, 0.2) is 5.96 Å². The quantitative estimate of drug-likeness (QED) is 0.503. The van der Waals surface area contributed by atoms with Gasteiger partial charge in [-0.25, -0.2) is 0 Å². The number of nitrogens with zero attached hydrogens (tertiary/aromatic N) is 3. The van der Waals surface area contributed by atoms with E-state index in [1.165, 1.54) is 6.42 Å². The molecule has 0 bridgehead atoms. The first-order valence-corrected chi connectivity index (χ1v) is 11.6. The summed E-state index contributed by atoms with van der Waals surface area (Å²) in [6.07, 6.45) is 4.16. The normalized spacial score (nSPS) is 14.0. The van der Waals surface area contributed by atoms with E-state index in [0.717, 1.165) is 49.0 Å². The van der Waals surface area contributed by atoms with E-state index in [-0.39, 0.29) is 11.8 Å². The van der Waals surface area contributed by atoms with Crippen LogP contribution in [0, 0.1) is 0 Å². The van der Waals surface area contributed by atoms with Gasteiger partial charge in [0.25, 0.3) is 11.8 Å². The number of aliphatic imine (C=N–C) groups is 1. The molecule has 176 valence electrons. The van der Waals surface area contributed by atoms with Gasteiger partial charge in [-0.3, -0.25) is 14.6 Å². The number of amides is 2. The number of guanidine groups is 1. The summed E-state index contributed by atoms with van der Waals surface area (Å²) in [5.41, 5.74) is 3.57. The second-order valence-corrected chi connectivity index (χ2v) is 8.56. The van der Waals surface area contributed by atoms with Crippen LogP contribution in [0.25, 0.3) is 0 Å². The van der Waals surface area contributed by atoms with Crippen LogP contribution in [0.2, 0.25) is 0 Å². The van der Waals surface area contributed by atoms with E-state index < -0.39 is 0 Å². The average molecular weight is 450 g/mol. The predicted octanol–water partition coefficient (Wildman–Crippen LogP) is 2.92.